The lowest BCUT2D eigenvalue weighted by molar-refractivity contribution is 0.247. The van der Waals surface area contributed by atoms with E-state index in [9.17, 15) is 0 Å². The summed E-state index contributed by atoms with van der Waals surface area (Å²) in [5.41, 5.74) is 2.25. The molecule has 0 bridgehead atoms. The predicted molar refractivity (Wildman–Crippen MR) is 100 cm³/mol. The van der Waals surface area contributed by atoms with Crippen LogP contribution in [0.2, 0.25) is 0 Å². The van der Waals surface area contributed by atoms with Crippen molar-refractivity contribution in [1.82, 2.24) is 9.88 Å². The molecule has 25 heavy (non-hydrogen) atoms. The molecular weight excluding hydrogens is 334 g/mol. The molecule has 1 saturated heterocycles. The van der Waals surface area contributed by atoms with Crippen molar-refractivity contribution in [2.45, 2.75) is 6.54 Å². The highest BCUT2D eigenvalue weighted by molar-refractivity contribution is 7.13. The number of hydrogen-bond acceptors (Lipinski definition) is 6. The van der Waals surface area contributed by atoms with Crippen molar-refractivity contribution in [3.8, 4) is 16.5 Å². The van der Waals surface area contributed by atoms with Crippen LogP contribution in [0.3, 0.4) is 0 Å². The van der Waals surface area contributed by atoms with Crippen molar-refractivity contribution in [2.75, 3.05) is 38.2 Å². The number of anilines is 1. The van der Waals surface area contributed by atoms with Gasteiger partial charge in [-0.3, -0.25) is 4.90 Å². The SMILES string of the molecule is COc1ccc(N2CCN(Cc3coc(-c4cccs4)n3)CC2)cc1. The van der Waals surface area contributed by atoms with Crippen LogP contribution in [-0.4, -0.2) is 43.2 Å². The highest BCUT2D eigenvalue weighted by Crippen LogP contribution is 2.25. The Balaban J connectivity index is 1.33. The lowest BCUT2D eigenvalue weighted by atomic mass is 10.2. The number of aromatic nitrogens is 1. The second kappa shape index (κ2) is 7.29. The van der Waals surface area contributed by atoms with E-state index in [1.165, 1.54) is 5.69 Å². The maximum atomic E-state index is 5.61. The topological polar surface area (TPSA) is 41.7 Å². The molecule has 0 N–H and O–H groups in total. The van der Waals surface area contributed by atoms with Crippen molar-refractivity contribution in [3.63, 3.8) is 0 Å². The fourth-order valence-electron chi connectivity index (χ4n) is 3.08. The number of oxazole rings is 1. The van der Waals surface area contributed by atoms with Gasteiger partial charge in [0.1, 0.15) is 12.0 Å². The fraction of sp³-hybridized carbons (Fsp3) is 0.316. The van der Waals surface area contributed by atoms with E-state index >= 15 is 0 Å². The van der Waals surface area contributed by atoms with Gasteiger partial charge in [-0.15, -0.1) is 11.3 Å². The Hall–Kier alpha value is -2.31. The molecule has 130 valence electrons. The number of hydrogen-bond donors (Lipinski definition) is 0. The summed E-state index contributed by atoms with van der Waals surface area (Å²) in [6.07, 6.45) is 1.78. The lowest BCUT2D eigenvalue weighted by Crippen LogP contribution is -2.46. The van der Waals surface area contributed by atoms with Crippen LogP contribution in [0, 0.1) is 0 Å². The first-order valence-electron chi connectivity index (χ1n) is 8.41. The van der Waals surface area contributed by atoms with Crippen LogP contribution in [-0.2, 0) is 6.54 Å². The second-order valence-corrected chi connectivity index (χ2v) is 7.03. The third-order valence-corrected chi connectivity index (χ3v) is 5.34. The molecule has 0 unspecified atom stereocenters. The van der Waals surface area contributed by atoms with Gasteiger partial charge in [-0.2, -0.15) is 0 Å². The lowest BCUT2D eigenvalue weighted by Gasteiger charge is -2.35. The van der Waals surface area contributed by atoms with E-state index in [2.05, 4.69) is 26.9 Å². The van der Waals surface area contributed by atoms with Gasteiger partial charge in [-0.1, -0.05) is 6.07 Å². The molecule has 5 nitrogen and oxygen atoms in total. The van der Waals surface area contributed by atoms with Crippen LogP contribution in [0.4, 0.5) is 5.69 Å². The first kappa shape index (κ1) is 16.2. The van der Waals surface area contributed by atoms with Gasteiger partial charge in [-0.25, -0.2) is 4.98 Å². The first-order chi connectivity index (χ1) is 12.3. The summed E-state index contributed by atoms with van der Waals surface area (Å²) in [5, 5.41) is 2.04. The number of rotatable bonds is 5. The smallest absolute Gasteiger partial charge is 0.236 e. The maximum absolute atomic E-state index is 5.61. The average molecular weight is 355 g/mol. The van der Waals surface area contributed by atoms with Crippen LogP contribution < -0.4 is 9.64 Å². The Morgan fingerprint density at radius 1 is 1.12 bits per heavy atom. The fourth-order valence-corrected chi connectivity index (χ4v) is 3.73. The largest absolute Gasteiger partial charge is 0.497 e. The molecule has 1 aliphatic rings. The molecule has 1 fully saturated rings. The van der Waals surface area contributed by atoms with E-state index in [0.717, 1.165) is 54.9 Å². The molecule has 0 spiro atoms. The van der Waals surface area contributed by atoms with Crippen molar-refractivity contribution in [2.24, 2.45) is 0 Å². The predicted octanol–water partition coefficient (Wildman–Crippen LogP) is 3.73. The first-order valence-corrected chi connectivity index (χ1v) is 9.29. The molecule has 1 aromatic carbocycles. The van der Waals surface area contributed by atoms with Crippen molar-refractivity contribution in [1.29, 1.82) is 0 Å². The zero-order chi connectivity index (χ0) is 17.1. The summed E-state index contributed by atoms with van der Waals surface area (Å²) in [5.74, 6) is 1.62. The van der Waals surface area contributed by atoms with Crippen molar-refractivity contribution < 1.29 is 9.15 Å². The molecule has 6 heteroatoms. The summed E-state index contributed by atoms with van der Waals surface area (Å²) < 4.78 is 10.8. The number of benzene rings is 1. The van der Waals surface area contributed by atoms with Gasteiger partial charge in [0, 0.05) is 38.4 Å². The molecule has 0 aliphatic carbocycles. The van der Waals surface area contributed by atoms with Crippen molar-refractivity contribution >= 4 is 17.0 Å². The molecule has 2 aromatic heterocycles. The quantitative estimate of drug-likeness (QED) is 0.697. The van der Waals surface area contributed by atoms with Gasteiger partial charge in [0.2, 0.25) is 5.89 Å². The number of methoxy groups -OCH3 is 1. The number of piperazine rings is 1. The van der Waals surface area contributed by atoms with Gasteiger partial charge in [0.15, 0.2) is 0 Å². The minimum atomic E-state index is 0.724. The maximum Gasteiger partial charge on any atom is 0.236 e. The van der Waals surface area contributed by atoms with Gasteiger partial charge >= 0.3 is 0 Å². The summed E-state index contributed by atoms with van der Waals surface area (Å²) >= 11 is 1.65. The molecule has 0 atom stereocenters. The van der Waals surface area contributed by atoms with Crippen LogP contribution in [0.1, 0.15) is 5.69 Å². The summed E-state index contributed by atoms with van der Waals surface area (Å²) in [6.45, 7) is 4.91. The molecule has 3 aromatic rings. The zero-order valence-electron chi connectivity index (χ0n) is 14.2. The molecule has 0 amide bonds. The Morgan fingerprint density at radius 2 is 1.92 bits per heavy atom. The highest BCUT2D eigenvalue weighted by atomic mass is 32.1. The third kappa shape index (κ3) is 3.70. The summed E-state index contributed by atoms with van der Waals surface area (Å²) in [7, 11) is 1.70. The van der Waals surface area contributed by atoms with Crippen LogP contribution in [0.25, 0.3) is 10.8 Å². The van der Waals surface area contributed by atoms with Gasteiger partial charge < -0.3 is 14.1 Å². The van der Waals surface area contributed by atoms with E-state index in [-0.39, 0.29) is 0 Å². The summed E-state index contributed by atoms with van der Waals surface area (Å²) in [4.78, 5) is 10.5. The van der Waals surface area contributed by atoms with Crippen LogP contribution >= 0.6 is 11.3 Å². The minimum absolute atomic E-state index is 0.724. The van der Waals surface area contributed by atoms with E-state index in [4.69, 9.17) is 9.15 Å². The molecule has 1 aliphatic heterocycles. The minimum Gasteiger partial charge on any atom is -0.497 e. The Bertz CT molecular complexity index is 790. The molecule has 0 saturated carbocycles. The van der Waals surface area contributed by atoms with E-state index in [0.29, 0.717) is 0 Å². The van der Waals surface area contributed by atoms with E-state index in [1.807, 2.05) is 29.6 Å². The Morgan fingerprint density at radius 3 is 2.60 bits per heavy atom. The second-order valence-electron chi connectivity index (χ2n) is 6.08. The van der Waals surface area contributed by atoms with Gasteiger partial charge in [0.25, 0.3) is 0 Å². The Labute approximate surface area is 151 Å². The van der Waals surface area contributed by atoms with Gasteiger partial charge in [0.05, 0.1) is 17.7 Å². The van der Waals surface area contributed by atoms with Crippen LogP contribution in [0.15, 0.2) is 52.5 Å². The highest BCUT2D eigenvalue weighted by Gasteiger charge is 2.19. The Kier molecular flexibility index (Phi) is 4.72. The van der Waals surface area contributed by atoms with Crippen molar-refractivity contribution in [3.05, 3.63) is 53.7 Å². The standard InChI is InChI=1S/C19H21N3O2S/c1-23-17-6-4-16(5-7-17)22-10-8-21(9-11-22)13-15-14-24-19(20-15)18-3-2-12-25-18/h2-7,12,14H,8-11,13H2,1H3. The normalized spacial score (nSPS) is 15.5. The number of nitrogens with zero attached hydrogens (tertiary/aromatic N) is 3. The molecule has 4 rings (SSSR count). The molecule has 3 heterocycles. The monoisotopic (exact) mass is 355 g/mol. The van der Waals surface area contributed by atoms with E-state index < -0.39 is 0 Å². The van der Waals surface area contributed by atoms with Crippen LogP contribution in [0.5, 0.6) is 5.75 Å². The average Bonchev–Trinajstić information content (AvgIpc) is 3.34. The summed E-state index contributed by atoms with van der Waals surface area (Å²) in [6, 6.07) is 12.3. The zero-order valence-corrected chi connectivity index (χ0v) is 15.0. The number of ether oxygens (including phenoxy) is 1. The molecule has 0 radical (unpaired) electrons. The molecular formula is C19H21N3O2S. The van der Waals surface area contributed by atoms with E-state index in [1.54, 1.807) is 24.7 Å². The van der Waals surface area contributed by atoms with Gasteiger partial charge in [-0.05, 0) is 35.7 Å². The number of thiophene rings is 1. The third-order valence-electron chi connectivity index (χ3n) is 4.48.